The highest BCUT2D eigenvalue weighted by Gasteiger charge is 2.32. The van der Waals surface area contributed by atoms with Crippen LogP contribution in [0.25, 0.3) is 11.1 Å². The molecule has 0 bridgehead atoms. The first-order chi connectivity index (χ1) is 12.0. The molecule has 1 aliphatic heterocycles. The summed E-state index contributed by atoms with van der Waals surface area (Å²) in [6.07, 6.45) is 3.07. The first-order valence-corrected chi connectivity index (χ1v) is 7.57. The van der Waals surface area contributed by atoms with Crippen LogP contribution in [0.2, 0.25) is 0 Å². The van der Waals surface area contributed by atoms with Crippen molar-refractivity contribution in [3.05, 3.63) is 60.7 Å². The maximum atomic E-state index is 14.4. The molecular formula is C17H16F2N4O2. The molecule has 6 nitrogen and oxygen atoms in total. The van der Waals surface area contributed by atoms with Crippen LogP contribution in [0.3, 0.4) is 0 Å². The molecule has 1 amide bonds. The van der Waals surface area contributed by atoms with Crippen molar-refractivity contribution in [3.63, 3.8) is 0 Å². The van der Waals surface area contributed by atoms with Crippen molar-refractivity contribution < 1.29 is 18.3 Å². The first kappa shape index (κ1) is 16.7. The number of benzene rings is 1. The summed E-state index contributed by atoms with van der Waals surface area (Å²) in [6, 6.07) is 7.98. The van der Waals surface area contributed by atoms with Crippen molar-refractivity contribution in [2.75, 3.05) is 18.0 Å². The van der Waals surface area contributed by atoms with Crippen molar-refractivity contribution in [2.24, 2.45) is 5.73 Å². The molecule has 130 valence electrons. The van der Waals surface area contributed by atoms with E-state index in [1.54, 1.807) is 36.7 Å². The zero-order valence-electron chi connectivity index (χ0n) is 13.2. The van der Waals surface area contributed by atoms with E-state index in [9.17, 15) is 13.6 Å². The molecule has 0 radical (unpaired) electrons. The van der Waals surface area contributed by atoms with Gasteiger partial charge in [0.15, 0.2) is 5.95 Å². The number of carbonyl (C=O) groups is 1. The van der Waals surface area contributed by atoms with Gasteiger partial charge in [0, 0.05) is 23.5 Å². The third-order valence-electron chi connectivity index (χ3n) is 3.70. The molecule has 0 aliphatic carbocycles. The van der Waals surface area contributed by atoms with Crippen LogP contribution < -0.4 is 16.0 Å². The number of nitrogens with zero attached hydrogens (tertiary/aromatic N) is 2. The lowest BCUT2D eigenvalue weighted by molar-refractivity contribution is 0.142. The zero-order valence-corrected chi connectivity index (χ0v) is 13.2. The van der Waals surface area contributed by atoms with Gasteiger partial charge in [-0.1, -0.05) is 6.07 Å². The molecule has 0 spiro atoms. The fourth-order valence-corrected chi connectivity index (χ4v) is 2.55. The maximum absolute atomic E-state index is 14.4. The normalized spacial score (nSPS) is 17.5. The number of pyridine rings is 1. The average Bonchev–Trinajstić information content (AvgIpc) is 2.96. The summed E-state index contributed by atoms with van der Waals surface area (Å²) in [5.74, 6) is -1.33. The van der Waals surface area contributed by atoms with Gasteiger partial charge in [0.05, 0.1) is 25.0 Å². The molecule has 8 heteroatoms. The summed E-state index contributed by atoms with van der Waals surface area (Å²) >= 11 is 0. The SMILES string of the molecule is N/C(F)=C\NCC1CN(c2ccc(-c3cccnc3)c(F)c2)C(=O)O1. The second kappa shape index (κ2) is 7.16. The van der Waals surface area contributed by atoms with Gasteiger partial charge in [-0.3, -0.25) is 9.88 Å². The van der Waals surface area contributed by atoms with Gasteiger partial charge in [-0.05, 0) is 24.3 Å². The van der Waals surface area contributed by atoms with Gasteiger partial charge in [-0.2, -0.15) is 4.39 Å². The van der Waals surface area contributed by atoms with Crippen LogP contribution in [-0.4, -0.2) is 30.3 Å². The zero-order chi connectivity index (χ0) is 17.8. The Kier molecular flexibility index (Phi) is 4.78. The van der Waals surface area contributed by atoms with E-state index in [2.05, 4.69) is 10.3 Å². The molecule has 1 unspecified atom stereocenters. The Hall–Kier alpha value is -3.16. The minimum Gasteiger partial charge on any atom is -0.442 e. The first-order valence-electron chi connectivity index (χ1n) is 7.57. The van der Waals surface area contributed by atoms with Crippen molar-refractivity contribution in [1.29, 1.82) is 0 Å². The number of rotatable bonds is 5. The Balaban J connectivity index is 1.73. The van der Waals surface area contributed by atoms with Crippen LogP contribution in [0, 0.1) is 5.82 Å². The Morgan fingerprint density at radius 3 is 3.00 bits per heavy atom. The number of nitrogens with two attached hydrogens (primary N) is 1. The molecule has 2 aromatic rings. The lowest BCUT2D eigenvalue weighted by Gasteiger charge is -2.14. The maximum Gasteiger partial charge on any atom is 0.414 e. The number of hydrogen-bond donors (Lipinski definition) is 2. The number of hydrogen-bond acceptors (Lipinski definition) is 5. The summed E-state index contributed by atoms with van der Waals surface area (Å²) in [5, 5.41) is 2.61. The van der Waals surface area contributed by atoms with E-state index in [1.165, 1.54) is 11.0 Å². The largest absolute Gasteiger partial charge is 0.442 e. The van der Waals surface area contributed by atoms with Crippen LogP contribution in [-0.2, 0) is 4.74 Å². The predicted molar refractivity (Wildman–Crippen MR) is 88.6 cm³/mol. The molecule has 1 aromatic carbocycles. The molecular weight excluding hydrogens is 330 g/mol. The van der Waals surface area contributed by atoms with E-state index in [-0.39, 0.29) is 13.1 Å². The number of nitrogens with one attached hydrogen (secondary N) is 1. The van der Waals surface area contributed by atoms with Crippen LogP contribution in [0.4, 0.5) is 19.3 Å². The van der Waals surface area contributed by atoms with E-state index < -0.39 is 24.0 Å². The molecule has 1 aliphatic rings. The predicted octanol–water partition coefficient (Wildman–Crippen LogP) is 2.53. The standard InChI is InChI=1S/C17H16F2N4O2/c18-15-6-12(3-4-14(15)11-2-1-5-21-7-11)23-10-13(25-17(23)24)8-22-9-16(19)20/h1-7,9,13,22H,8,10,20H2/b16-9-. The Morgan fingerprint density at radius 1 is 1.48 bits per heavy atom. The van der Waals surface area contributed by atoms with Gasteiger partial charge in [0.25, 0.3) is 0 Å². The Morgan fingerprint density at radius 2 is 2.32 bits per heavy atom. The van der Waals surface area contributed by atoms with Gasteiger partial charge in [0.2, 0.25) is 0 Å². The lowest BCUT2D eigenvalue weighted by Crippen LogP contribution is -2.29. The summed E-state index contributed by atoms with van der Waals surface area (Å²) < 4.78 is 32.0. The van der Waals surface area contributed by atoms with Crippen LogP contribution in [0.15, 0.2) is 54.9 Å². The third kappa shape index (κ3) is 3.85. The minimum atomic E-state index is -0.866. The molecule has 25 heavy (non-hydrogen) atoms. The highest BCUT2D eigenvalue weighted by molar-refractivity contribution is 5.90. The van der Waals surface area contributed by atoms with Crippen LogP contribution >= 0.6 is 0 Å². The molecule has 1 aromatic heterocycles. The van der Waals surface area contributed by atoms with Crippen molar-refractivity contribution in [3.8, 4) is 11.1 Å². The molecule has 2 heterocycles. The Labute approximate surface area is 142 Å². The minimum absolute atomic E-state index is 0.198. The topological polar surface area (TPSA) is 80.5 Å². The van der Waals surface area contributed by atoms with Gasteiger partial charge < -0.3 is 15.8 Å². The monoisotopic (exact) mass is 346 g/mol. The number of aromatic nitrogens is 1. The number of amides is 1. The number of ether oxygens (including phenoxy) is 1. The summed E-state index contributed by atoms with van der Waals surface area (Å²) in [5.41, 5.74) is 6.30. The smallest absolute Gasteiger partial charge is 0.414 e. The fraction of sp³-hybridized carbons (Fsp3) is 0.176. The molecule has 3 rings (SSSR count). The number of carbonyl (C=O) groups excluding carboxylic acids is 1. The molecule has 1 atom stereocenters. The van der Waals surface area contributed by atoms with Crippen molar-refractivity contribution in [1.82, 2.24) is 10.3 Å². The molecule has 1 saturated heterocycles. The van der Waals surface area contributed by atoms with E-state index >= 15 is 0 Å². The Bertz CT molecular complexity index is 794. The van der Waals surface area contributed by atoms with E-state index in [1.807, 2.05) is 0 Å². The van der Waals surface area contributed by atoms with Crippen molar-refractivity contribution >= 4 is 11.8 Å². The van der Waals surface area contributed by atoms with E-state index in [4.69, 9.17) is 10.5 Å². The third-order valence-corrected chi connectivity index (χ3v) is 3.70. The van der Waals surface area contributed by atoms with Crippen LogP contribution in [0.5, 0.6) is 0 Å². The van der Waals surface area contributed by atoms with E-state index in [0.29, 0.717) is 16.8 Å². The average molecular weight is 346 g/mol. The second-order valence-electron chi connectivity index (χ2n) is 5.46. The van der Waals surface area contributed by atoms with Crippen molar-refractivity contribution in [2.45, 2.75) is 6.10 Å². The number of cyclic esters (lactones) is 1. The van der Waals surface area contributed by atoms with Gasteiger partial charge in [-0.25, -0.2) is 9.18 Å². The lowest BCUT2D eigenvalue weighted by atomic mass is 10.1. The highest BCUT2D eigenvalue weighted by atomic mass is 19.1. The second-order valence-corrected chi connectivity index (χ2v) is 5.46. The summed E-state index contributed by atoms with van der Waals surface area (Å²) in [6.45, 7) is 0.417. The molecule has 1 fully saturated rings. The fourth-order valence-electron chi connectivity index (χ4n) is 2.55. The molecule has 0 saturated carbocycles. The quantitative estimate of drug-likeness (QED) is 0.813. The van der Waals surface area contributed by atoms with Gasteiger partial charge in [0.1, 0.15) is 11.9 Å². The molecule has 3 N–H and O–H groups in total. The van der Waals surface area contributed by atoms with Gasteiger partial charge in [-0.15, -0.1) is 0 Å². The summed E-state index contributed by atoms with van der Waals surface area (Å²) in [4.78, 5) is 17.3. The van der Waals surface area contributed by atoms with Gasteiger partial charge >= 0.3 is 6.09 Å². The van der Waals surface area contributed by atoms with E-state index in [0.717, 1.165) is 6.20 Å². The summed E-state index contributed by atoms with van der Waals surface area (Å²) in [7, 11) is 0. The number of halogens is 2. The number of anilines is 1. The highest BCUT2D eigenvalue weighted by Crippen LogP contribution is 2.28. The van der Waals surface area contributed by atoms with Crippen LogP contribution in [0.1, 0.15) is 0 Å².